The van der Waals surface area contributed by atoms with Crippen molar-refractivity contribution in [1.82, 2.24) is 4.98 Å². The molecule has 5 heteroatoms. The van der Waals surface area contributed by atoms with Gasteiger partial charge in [0.1, 0.15) is 13.1 Å². The summed E-state index contributed by atoms with van der Waals surface area (Å²) in [6.45, 7) is 1.25. The second-order valence-electron chi connectivity index (χ2n) is 3.89. The van der Waals surface area contributed by atoms with Crippen LogP contribution in [0.3, 0.4) is 0 Å². The van der Waals surface area contributed by atoms with Gasteiger partial charge in [-0.05, 0) is 24.3 Å². The summed E-state index contributed by atoms with van der Waals surface area (Å²) < 4.78 is 0. The van der Waals surface area contributed by atoms with Crippen molar-refractivity contribution in [3.8, 4) is 5.75 Å². The molecule has 0 atom stereocenters. The maximum Gasteiger partial charge on any atom is 0.119 e. The molecule has 1 aromatic carbocycles. The SMILES string of the molecule is [O-]c1c(Cl)cc(Cl)cc1C[NH2+]Cc1ccccn1. The molecule has 0 spiro atoms. The lowest BCUT2D eigenvalue weighted by Crippen LogP contribution is -2.80. The Bertz CT molecular complexity index is 532. The first-order valence-corrected chi connectivity index (χ1v) is 6.29. The van der Waals surface area contributed by atoms with Crippen LogP contribution in [0.4, 0.5) is 0 Å². The molecule has 0 saturated carbocycles. The Morgan fingerprint density at radius 3 is 2.72 bits per heavy atom. The van der Waals surface area contributed by atoms with E-state index in [9.17, 15) is 5.11 Å². The van der Waals surface area contributed by atoms with Crippen LogP contribution in [-0.4, -0.2) is 4.98 Å². The van der Waals surface area contributed by atoms with E-state index in [2.05, 4.69) is 4.98 Å². The minimum Gasteiger partial charge on any atom is -0.871 e. The zero-order valence-corrected chi connectivity index (χ0v) is 11.1. The van der Waals surface area contributed by atoms with E-state index in [1.165, 1.54) is 6.07 Å². The topological polar surface area (TPSA) is 52.6 Å². The first kappa shape index (κ1) is 13.1. The van der Waals surface area contributed by atoms with Crippen LogP contribution in [0.5, 0.6) is 5.75 Å². The fraction of sp³-hybridized carbons (Fsp3) is 0.154. The molecule has 0 aliphatic rings. The van der Waals surface area contributed by atoms with Crippen LogP contribution < -0.4 is 10.4 Å². The van der Waals surface area contributed by atoms with Crippen molar-refractivity contribution in [1.29, 1.82) is 0 Å². The van der Waals surface area contributed by atoms with Crippen molar-refractivity contribution in [3.05, 3.63) is 57.8 Å². The second-order valence-corrected chi connectivity index (χ2v) is 4.74. The van der Waals surface area contributed by atoms with Crippen LogP contribution in [0.15, 0.2) is 36.5 Å². The highest BCUT2D eigenvalue weighted by atomic mass is 35.5. The molecule has 0 radical (unpaired) electrons. The van der Waals surface area contributed by atoms with Crippen molar-refractivity contribution in [2.75, 3.05) is 0 Å². The second kappa shape index (κ2) is 6.05. The summed E-state index contributed by atoms with van der Waals surface area (Å²) in [5.74, 6) is -0.154. The summed E-state index contributed by atoms with van der Waals surface area (Å²) in [6.07, 6.45) is 1.75. The van der Waals surface area contributed by atoms with Gasteiger partial charge in [-0.3, -0.25) is 4.98 Å². The summed E-state index contributed by atoms with van der Waals surface area (Å²) >= 11 is 11.7. The van der Waals surface area contributed by atoms with Gasteiger partial charge >= 0.3 is 0 Å². The molecule has 2 N–H and O–H groups in total. The minimum atomic E-state index is -0.154. The third-order valence-corrected chi connectivity index (χ3v) is 3.03. The number of quaternary nitrogens is 1. The number of pyridine rings is 1. The van der Waals surface area contributed by atoms with Crippen LogP contribution >= 0.6 is 23.2 Å². The van der Waals surface area contributed by atoms with Gasteiger partial charge in [0.25, 0.3) is 0 Å². The number of nitrogens with zero attached hydrogens (tertiary/aromatic N) is 1. The zero-order chi connectivity index (χ0) is 13.0. The van der Waals surface area contributed by atoms with Gasteiger partial charge < -0.3 is 10.4 Å². The summed E-state index contributed by atoms with van der Waals surface area (Å²) in [7, 11) is 0. The maximum absolute atomic E-state index is 11.7. The molecule has 94 valence electrons. The highest BCUT2D eigenvalue weighted by Gasteiger charge is 2.03. The number of rotatable bonds is 4. The molecule has 0 unspecified atom stereocenters. The number of hydrogen-bond donors (Lipinski definition) is 1. The van der Waals surface area contributed by atoms with E-state index in [1.54, 1.807) is 12.3 Å². The van der Waals surface area contributed by atoms with E-state index in [4.69, 9.17) is 23.2 Å². The molecule has 0 aliphatic heterocycles. The molecule has 0 saturated heterocycles. The Morgan fingerprint density at radius 2 is 2.00 bits per heavy atom. The van der Waals surface area contributed by atoms with Crippen LogP contribution in [0.2, 0.25) is 10.0 Å². The van der Waals surface area contributed by atoms with Crippen LogP contribution in [0.25, 0.3) is 0 Å². The monoisotopic (exact) mass is 282 g/mol. The van der Waals surface area contributed by atoms with E-state index < -0.39 is 0 Å². The van der Waals surface area contributed by atoms with E-state index in [0.29, 0.717) is 23.7 Å². The molecule has 1 aromatic heterocycles. The van der Waals surface area contributed by atoms with E-state index >= 15 is 0 Å². The lowest BCUT2D eigenvalue weighted by molar-refractivity contribution is -0.687. The number of nitrogens with two attached hydrogens (primary N) is 1. The Kier molecular flexibility index (Phi) is 4.42. The molecular formula is C13H12Cl2N2O. The third kappa shape index (κ3) is 3.35. The quantitative estimate of drug-likeness (QED) is 0.929. The van der Waals surface area contributed by atoms with E-state index in [1.807, 2.05) is 23.5 Å². The van der Waals surface area contributed by atoms with Crippen molar-refractivity contribution in [2.45, 2.75) is 13.1 Å². The molecule has 2 rings (SSSR count). The predicted octanol–water partition coefficient (Wildman–Crippen LogP) is 1.73. The third-order valence-electron chi connectivity index (χ3n) is 2.53. The molecule has 1 heterocycles. The predicted molar refractivity (Wildman–Crippen MR) is 69.5 cm³/mol. The smallest absolute Gasteiger partial charge is 0.119 e. The average molecular weight is 283 g/mol. The molecule has 0 aliphatic carbocycles. The normalized spacial score (nSPS) is 10.6. The van der Waals surface area contributed by atoms with Gasteiger partial charge in [-0.1, -0.05) is 35.0 Å². The largest absolute Gasteiger partial charge is 0.871 e. The van der Waals surface area contributed by atoms with Crippen molar-refractivity contribution in [2.24, 2.45) is 0 Å². The van der Waals surface area contributed by atoms with Crippen molar-refractivity contribution < 1.29 is 10.4 Å². The first-order valence-electron chi connectivity index (χ1n) is 5.53. The number of aromatic nitrogens is 1. The van der Waals surface area contributed by atoms with Gasteiger partial charge in [-0.15, -0.1) is 0 Å². The number of hydrogen-bond acceptors (Lipinski definition) is 2. The van der Waals surface area contributed by atoms with Gasteiger partial charge in [-0.2, -0.15) is 0 Å². The van der Waals surface area contributed by atoms with E-state index in [-0.39, 0.29) is 10.8 Å². The first-order chi connectivity index (χ1) is 8.66. The Labute approximate surface area is 115 Å². The van der Waals surface area contributed by atoms with Gasteiger partial charge in [0.2, 0.25) is 0 Å². The molecule has 2 aromatic rings. The Hall–Kier alpha value is -1.29. The van der Waals surface area contributed by atoms with Crippen LogP contribution in [0, 0.1) is 0 Å². The highest BCUT2D eigenvalue weighted by Crippen LogP contribution is 2.28. The van der Waals surface area contributed by atoms with Crippen molar-refractivity contribution in [3.63, 3.8) is 0 Å². The van der Waals surface area contributed by atoms with Gasteiger partial charge in [-0.25, -0.2) is 0 Å². The molecule has 3 nitrogen and oxygen atoms in total. The molecule has 0 amide bonds. The molecule has 0 bridgehead atoms. The van der Waals surface area contributed by atoms with E-state index in [0.717, 1.165) is 5.69 Å². The zero-order valence-electron chi connectivity index (χ0n) is 9.57. The van der Waals surface area contributed by atoms with Gasteiger partial charge in [0, 0.05) is 21.8 Å². The number of halogens is 2. The summed E-state index contributed by atoms with van der Waals surface area (Å²) in [6, 6.07) is 8.87. The summed E-state index contributed by atoms with van der Waals surface area (Å²) in [5.41, 5.74) is 1.58. The summed E-state index contributed by atoms with van der Waals surface area (Å²) in [5, 5.41) is 14.4. The summed E-state index contributed by atoms with van der Waals surface area (Å²) in [4.78, 5) is 4.21. The van der Waals surface area contributed by atoms with Crippen LogP contribution in [0.1, 0.15) is 11.3 Å². The average Bonchev–Trinajstić information content (AvgIpc) is 2.36. The molecule has 18 heavy (non-hydrogen) atoms. The fourth-order valence-corrected chi connectivity index (χ4v) is 2.20. The number of benzene rings is 1. The van der Waals surface area contributed by atoms with Gasteiger partial charge in [0.05, 0.1) is 5.69 Å². The highest BCUT2D eigenvalue weighted by molar-refractivity contribution is 6.35. The van der Waals surface area contributed by atoms with Crippen molar-refractivity contribution >= 4 is 23.2 Å². The standard InChI is InChI=1S/C13H12Cl2N2O/c14-10-5-9(13(18)12(15)6-10)7-16-8-11-3-1-2-4-17-11/h1-6,16,18H,7-8H2. The van der Waals surface area contributed by atoms with Gasteiger partial charge in [0.15, 0.2) is 0 Å². The fourth-order valence-electron chi connectivity index (χ4n) is 1.66. The minimum absolute atomic E-state index is 0.154. The Balaban J connectivity index is 1.99. The van der Waals surface area contributed by atoms with Crippen LogP contribution in [-0.2, 0) is 13.1 Å². The Morgan fingerprint density at radius 1 is 1.17 bits per heavy atom. The maximum atomic E-state index is 11.7. The molecular weight excluding hydrogens is 271 g/mol. The lowest BCUT2D eigenvalue weighted by atomic mass is 10.2. The lowest BCUT2D eigenvalue weighted by Gasteiger charge is -2.14. The molecule has 0 fully saturated rings.